The molecule has 0 amide bonds. The fraction of sp³-hybridized carbons (Fsp3) is 0.300. The van der Waals surface area contributed by atoms with Crippen LogP contribution in [-0.4, -0.2) is 39.5 Å². The second kappa shape index (κ2) is 5.59. The van der Waals surface area contributed by atoms with Crippen LogP contribution in [-0.2, 0) is 23.6 Å². The minimum absolute atomic E-state index is 0.193. The summed E-state index contributed by atoms with van der Waals surface area (Å²) in [4.78, 5) is 2.05. The average molecular weight is 299 g/mol. The van der Waals surface area contributed by atoms with Crippen molar-refractivity contribution in [2.24, 2.45) is 7.05 Å². The smallest absolute Gasteiger partial charge is 0.203 e. The molecule has 0 saturated heterocycles. The molecule has 2 aromatic heterocycles. The molecule has 2 heterocycles. The first kappa shape index (κ1) is 13.8. The van der Waals surface area contributed by atoms with Crippen molar-refractivity contribution in [3.63, 3.8) is 0 Å². The first-order valence-corrected chi connectivity index (χ1v) is 7.73. The molecule has 9 heteroatoms. The van der Waals surface area contributed by atoms with E-state index in [0.717, 1.165) is 9.67 Å². The van der Waals surface area contributed by atoms with Crippen LogP contribution >= 0.6 is 11.3 Å². The fourth-order valence-electron chi connectivity index (χ4n) is 1.45. The number of sulfonamides is 1. The molecule has 2 rings (SSSR count). The Kier molecular flexibility index (Phi) is 4.08. The number of rotatable bonds is 6. The first-order valence-electron chi connectivity index (χ1n) is 5.41. The van der Waals surface area contributed by atoms with Crippen LogP contribution in [0.25, 0.3) is 0 Å². The lowest BCUT2D eigenvalue weighted by molar-refractivity contribution is 0.435. The van der Waals surface area contributed by atoms with Gasteiger partial charge in [-0.05, 0) is 16.7 Å². The number of hydrogen-bond donors (Lipinski definition) is 0. The van der Waals surface area contributed by atoms with Crippen molar-refractivity contribution in [3.8, 4) is 0 Å². The molecule has 0 radical (unpaired) electrons. The Bertz CT molecular complexity index is 647. The van der Waals surface area contributed by atoms with Gasteiger partial charge in [-0.15, -0.1) is 23.0 Å². The Morgan fingerprint density at radius 3 is 2.89 bits per heavy atom. The number of aromatic nitrogens is 4. The lowest BCUT2D eigenvalue weighted by atomic mass is 10.4. The highest BCUT2D eigenvalue weighted by Crippen LogP contribution is 2.17. The van der Waals surface area contributed by atoms with Gasteiger partial charge in [-0.2, -0.15) is 9.10 Å². The third kappa shape index (κ3) is 3.06. The summed E-state index contributed by atoms with van der Waals surface area (Å²) in [5, 5.41) is 12.5. The summed E-state index contributed by atoms with van der Waals surface area (Å²) >= 11 is 1.49. The summed E-state index contributed by atoms with van der Waals surface area (Å²) in [6.07, 6.45) is 1.53. The fourth-order valence-corrected chi connectivity index (χ4v) is 3.46. The van der Waals surface area contributed by atoms with Crippen LogP contribution in [0.4, 0.5) is 0 Å². The Balaban J connectivity index is 2.30. The molecule has 0 aliphatic rings. The van der Waals surface area contributed by atoms with Crippen LogP contribution in [0.2, 0.25) is 0 Å². The van der Waals surface area contributed by atoms with Gasteiger partial charge in [0.15, 0.2) is 0 Å². The molecule has 2 aromatic rings. The van der Waals surface area contributed by atoms with E-state index in [2.05, 4.69) is 22.0 Å². The molecule has 0 aromatic carbocycles. The number of thiophene rings is 1. The van der Waals surface area contributed by atoms with Gasteiger partial charge in [0.05, 0.1) is 7.05 Å². The zero-order chi connectivity index (χ0) is 13.9. The maximum absolute atomic E-state index is 12.4. The van der Waals surface area contributed by atoms with Crippen LogP contribution in [0, 0.1) is 0 Å². The van der Waals surface area contributed by atoms with Crippen molar-refractivity contribution in [3.05, 3.63) is 35.0 Å². The molecule has 0 aliphatic carbocycles. The molecule has 0 N–H and O–H groups in total. The quantitative estimate of drug-likeness (QED) is 0.732. The highest BCUT2D eigenvalue weighted by atomic mass is 32.2. The van der Waals surface area contributed by atoms with Crippen LogP contribution in [0.3, 0.4) is 0 Å². The zero-order valence-corrected chi connectivity index (χ0v) is 11.9. The van der Waals surface area contributed by atoms with Crippen molar-refractivity contribution in [1.82, 2.24) is 24.5 Å². The molecule has 0 aliphatic heterocycles. The highest BCUT2D eigenvalue weighted by molar-refractivity contribution is 7.88. The summed E-state index contributed by atoms with van der Waals surface area (Å²) < 4.78 is 26.0. The van der Waals surface area contributed by atoms with E-state index in [1.165, 1.54) is 28.8 Å². The minimum Gasteiger partial charge on any atom is -0.203 e. The van der Waals surface area contributed by atoms with Gasteiger partial charge in [-0.3, -0.25) is 0 Å². The van der Waals surface area contributed by atoms with Gasteiger partial charge in [-0.25, -0.2) is 8.42 Å². The molecule has 0 unspecified atom stereocenters. The molecule has 0 saturated carbocycles. The van der Waals surface area contributed by atoms with E-state index in [4.69, 9.17) is 0 Å². The standard InChI is InChI=1S/C10H13N5O2S2/c1-3-6-15(8-9-5-4-7-18-9)19(16,17)10-11-13-14(2)12-10/h3-5,7H,1,6,8H2,2H3. The topological polar surface area (TPSA) is 81.0 Å². The Morgan fingerprint density at radius 2 is 2.37 bits per heavy atom. The summed E-state index contributed by atoms with van der Waals surface area (Å²) in [6.45, 7) is 4.04. The third-order valence-corrected chi connectivity index (χ3v) is 4.75. The van der Waals surface area contributed by atoms with E-state index >= 15 is 0 Å². The van der Waals surface area contributed by atoms with Crippen molar-refractivity contribution in [2.75, 3.05) is 6.54 Å². The van der Waals surface area contributed by atoms with Crippen molar-refractivity contribution < 1.29 is 8.42 Å². The number of tetrazole rings is 1. The SMILES string of the molecule is C=CCN(Cc1cccs1)S(=O)(=O)c1nnn(C)n1. The second-order valence-corrected chi connectivity index (χ2v) is 6.59. The largest absolute Gasteiger partial charge is 0.303 e. The van der Waals surface area contributed by atoms with Crippen molar-refractivity contribution >= 4 is 21.4 Å². The summed E-state index contributed by atoms with van der Waals surface area (Å²) in [5.74, 6) is 0. The molecule has 0 fully saturated rings. The molecular formula is C10H13N5O2S2. The maximum Gasteiger partial charge on any atom is 0.303 e. The van der Waals surface area contributed by atoms with Crippen LogP contribution in [0.5, 0.6) is 0 Å². The van der Waals surface area contributed by atoms with E-state index in [0.29, 0.717) is 0 Å². The van der Waals surface area contributed by atoms with E-state index in [-0.39, 0.29) is 18.2 Å². The number of nitrogens with zero attached hydrogens (tertiary/aromatic N) is 5. The zero-order valence-electron chi connectivity index (χ0n) is 10.3. The van der Waals surface area contributed by atoms with Gasteiger partial charge in [0.1, 0.15) is 0 Å². The Hall–Kier alpha value is -1.58. The molecule has 102 valence electrons. The third-order valence-electron chi connectivity index (χ3n) is 2.31. The molecular weight excluding hydrogens is 286 g/mol. The molecule has 0 bridgehead atoms. The monoisotopic (exact) mass is 299 g/mol. The predicted octanol–water partition coefficient (Wildman–Crippen LogP) is 0.649. The maximum atomic E-state index is 12.4. The summed E-state index contributed by atoms with van der Waals surface area (Å²) in [6, 6.07) is 3.75. The van der Waals surface area contributed by atoms with Gasteiger partial charge in [-0.1, -0.05) is 17.2 Å². The van der Waals surface area contributed by atoms with Gasteiger partial charge in [0.25, 0.3) is 10.0 Å². The van der Waals surface area contributed by atoms with Crippen LogP contribution in [0.15, 0.2) is 35.3 Å². The van der Waals surface area contributed by atoms with E-state index in [9.17, 15) is 8.42 Å². The van der Waals surface area contributed by atoms with Gasteiger partial charge in [0.2, 0.25) is 0 Å². The van der Waals surface area contributed by atoms with Crippen LogP contribution < -0.4 is 0 Å². The van der Waals surface area contributed by atoms with E-state index in [1.54, 1.807) is 0 Å². The average Bonchev–Trinajstić information content (AvgIpc) is 3.00. The van der Waals surface area contributed by atoms with Crippen molar-refractivity contribution in [2.45, 2.75) is 11.7 Å². The van der Waals surface area contributed by atoms with E-state index in [1.807, 2.05) is 17.5 Å². The number of hydrogen-bond acceptors (Lipinski definition) is 6. The minimum atomic E-state index is -3.76. The first-order chi connectivity index (χ1) is 9.04. The van der Waals surface area contributed by atoms with E-state index < -0.39 is 10.0 Å². The van der Waals surface area contributed by atoms with Gasteiger partial charge < -0.3 is 0 Å². The molecule has 19 heavy (non-hydrogen) atoms. The molecule has 0 atom stereocenters. The van der Waals surface area contributed by atoms with Crippen LogP contribution in [0.1, 0.15) is 4.88 Å². The Morgan fingerprint density at radius 1 is 1.58 bits per heavy atom. The summed E-state index contributed by atoms with van der Waals surface area (Å²) in [7, 11) is -2.24. The lowest BCUT2D eigenvalue weighted by Crippen LogP contribution is -2.31. The predicted molar refractivity (Wildman–Crippen MR) is 70.9 cm³/mol. The number of aryl methyl sites for hydroxylation is 1. The van der Waals surface area contributed by atoms with Crippen molar-refractivity contribution in [1.29, 1.82) is 0 Å². The molecule has 7 nitrogen and oxygen atoms in total. The Labute approximate surface area is 115 Å². The molecule has 0 spiro atoms. The summed E-state index contributed by atoms with van der Waals surface area (Å²) in [5.41, 5.74) is 0. The van der Waals surface area contributed by atoms with Gasteiger partial charge in [0, 0.05) is 18.0 Å². The normalized spacial score (nSPS) is 11.9. The second-order valence-electron chi connectivity index (χ2n) is 3.73. The highest BCUT2D eigenvalue weighted by Gasteiger charge is 2.28. The lowest BCUT2D eigenvalue weighted by Gasteiger charge is -2.17. The van der Waals surface area contributed by atoms with Gasteiger partial charge >= 0.3 is 5.16 Å².